The van der Waals surface area contributed by atoms with Crippen LogP contribution < -0.4 is 5.32 Å². The molecule has 1 N–H and O–H groups in total. The van der Waals surface area contributed by atoms with E-state index in [0.29, 0.717) is 21.9 Å². The maximum Gasteiger partial charge on any atom is 0.408 e. The minimum Gasteiger partial charge on any atom is -0.458 e. The highest BCUT2D eigenvalue weighted by atomic mass is 35.5. The molecule has 0 spiro atoms. The number of likely N-dealkylation sites (N-methyl/N-ethyl adjacent to an activating group) is 1. The van der Waals surface area contributed by atoms with Gasteiger partial charge in [-0.2, -0.15) is 0 Å². The number of nitrogens with one attached hydrogen (secondary N) is 1. The van der Waals surface area contributed by atoms with Gasteiger partial charge < -0.3 is 24.3 Å². The Kier molecular flexibility index (Phi) is 6.86. The van der Waals surface area contributed by atoms with Crippen molar-refractivity contribution < 1.29 is 18.7 Å². The minimum atomic E-state index is -0.569. The van der Waals surface area contributed by atoms with Gasteiger partial charge in [0.05, 0.1) is 11.6 Å². The number of halogens is 1. The van der Waals surface area contributed by atoms with E-state index < -0.39 is 11.7 Å². The van der Waals surface area contributed by atoms with Gasteiger partial charge in [0.2, 0.25) is 0 Å². The van der Waals surface area contributed by atoms with Crippen LogP contribution in [0.3, 0.4) is 0 Å². The molecule has 0 aliphatic carbocycles. The lowest BCUT2D eigenvalue weighted by molar-refractivity contribution is 0.0519. The van der Waals surface area contributed by atoms with E-state index in [0.717, 1.165) is 42.7 Å². The van der Waals surface area contributed by atoms with Crippen molar-refractivity contribution in [1.82, 2.24) is 15.1 Å². The van der Waals surface area contributed by atoms with Crippen molar-refractivity contribution in [3.05, 3.63) is 58.8 Å². The molecule has 4 rings (SSSR count). The van der Waals surface area contributed by atoms with Crippen LogP contribution in [0.5, 0.6) is 0 Å². The molecule has 34 heavy (non-hydrogen) atoms. The van der Waals surface area contributed by atoms with Crippen LogP contribution in [0.25, 0.3) is 22.1 Å². The second kappa shape index (κ2) is 9.68. The van der Waals surface area contributed by atoms with Crippen LogP contribution in [0.15, 0.2) is 46.9 Å². The van der Waals surface area contributed by atoms with Gasteiger partial charge in [-0.1, -0.05) is 23.7 Å². The summed E-state index contributed by atoms with van der Waals surface area (Å²) in [5, 5.41) is 4.01. The van der Waals surface area contributed by atoms with Gasteiger partial charge in [-0.05, 0) is 69.3 Å². The fourth-order valence-corrected chi connectivity index (χ4v) is 4.15. The summed E-state index contributed by atoms with van der Waals surface area (Å²) in [7, 11) is 2.07. The molecule has 180 valence electrons. The average molecular weight is 484 g/mol. The minimum absolute atomic E-state index is 0.0603. The zero-order valence-electron chi connectivity index (χ0n) is 20.0. The first-order valence-corrected chi connectivity index (χ1v) is 11.7. The summed E-state index contributed by atoms with van der Waals surface area (Å²) >= 11 is 6.50. The standard InChI is InChI=1S/C26H30ClN3O4/c1-26(2,3)34-25(32)28-16-21-14-20-13-19(15-22(27)23(20)33-21)17-5-7-18(8-6-17)24(31)30-11-9-29(4)10-12-30/h5-8,13-15H,9-12,16H2,1-4H3,(H,28,32). The van der Waals surface area contributed by atoms with Crippen molar-refractivity contribution in [3.8, 4) is 11.1 Å². The molecule has 0 bridgehead atoms. The molecule has 0 saturated carbocycles. The highest BCUT2D eigenvalue weighted by molar-refractivity contribution is 6.35. The van der Waals surface area contributed by atoms with E-state index in [-0.39, 0.29) is 12.5 Å². The summed E-state index contributed by atoms with van der Waals surface area (Å²) < 4.78 is 11.1. The molecule has 1 fully saturated rings. The summed E-state index contributed by atoms with van der Waals surface area (Å²) in [6.45, 7) is 8.89. The van der Waals surface area contributed by atoms with Gasteiger partial charge in [0.1, 0.15) is 11.4 Å². The van der Waals surface area contributed by atoms with E-state index >= 15 is 0 Å². The van der Waals surface area contributed by atoms with Crippen molar-refractivity contribution in [1.29, 1.82) is 0 Å². The average Bonchev–Trinajstić information content (AvgIpc) is 3.20. The number of furan rings is 1. The van der Waals surface area contributed by atoms with E-state index in [2.05, 4.69) is 17.3 Å². The Hall–Kier alpha value is -3.03. The molecule has 0 unspecified atom stereocenters. The van der Waals surface area contributed by atoms with Crippen LogP contribution in [-0.2, 0) is 11.3 Å². The van der Waals surface area contributed by atoms with E-state index in [4.69, 9.17) is 20.8 Å². The monoisotopic (exact) mass is 483 g/mol. The normalized spacial score (nSPS) is 14.9. The topological polar surface area (TPSA) is 75.0 Å². The summed E-state index contributed by atoms with van der Waals surface area (Å²) in [6, 6.07) is 13.3. The molecule has 7 nitrogen and oxygen atoms in total. The van der Waals surface area contributed by atoms with E-state index in [1.807, 2.05) is 68.1 Å². The van der Waals surface area contributed by atoms with Crippen molar-refractivity contribution >= 4 is 34.6 Å². The van der Waals surface area contributed by atoms with Crippen LogP contribution in [-0.4, -0.2) is 60.6 Å². The van der Waals surface area contributed by atoms with E-state index in [1.54, 1.807) is 0 Å². The van der Waals surface area contributed by atoms with Crippen LogP contribution >= 0.6 is 11.6 Å². The van der Waals surface area contributed by atoms with Crippen molar-refractivity contribution in [3.63, 3.8) is 0 Å². The fraction of sp³-hybridized carbons (Fsp3) is 0.385. The zero-order valence-corrected chi connectivity index (χ0v) is 20.7. The summed E-state index contributed by atoms with van der Waals surface area (Å²) in [5.41, 5.74) is 2.55. The first kappa shape index (κ1) is 24.1. The molecule has 1 aliphatic heterocycles. The molecule has 2 heterocycles. The lowest BCUT2D eigenvalue weighted by Gasteiger charge is -2.32. The number of rotatable bonds is 4. The molecule has 3 aromatic rings. The predicted octanol–water partition coefficient (Wildman–Crippen LogP) is 5.17. The molecule has 0 radical (unpaired) electrons. The van der Waals surface area contributed by atoms with Gasteiger partial charge >= 0.3 is 6.09 Å². The highest BCUT2D eigenvalue weighted by Gasteiger charge is 2.21. The number of hydrogen-bond donors (Lipinski definition) is 1. The first-order chi connectivity index (χ1) is 16.1. The van der Waals surface area contributed by atoms with Crippen LogP contribution in [0, 0.1) is 0 Å². The van der Waals surface area contributed by atoms with Gasteiger partial charge in [0, 0.05) is 37.1 Å². The third-order valence-corrected chi connectivity index (χ3v) is 5.96. The third kappa shape index (κ3) is 5.72. The van der Waals surface area contributed by atoms with Crippen molar-refractivity contribution in [2.24, 2.45) is 0 Å². The summed E-state index contributed by atoms with van der Waals surface area (Å²) in [5.74, 6) is 0.637. The molecule has 1 aromatic heterocycles. The van der Waals surface area contributed by atoms with Crippen molar-refractivity contribution in [2.75, 3.05) is 33.2 Å². The van der Waals surface area contributed by atoms with Crippen LogP contribution in [0.2, 0.25) is 5.02 Å². The Balaban J connectivity index is 1.47. The quantitative estimate of drug-likeness (QED) is 0.554. The molecular weight excluding hydrogens is 454 g/mol. The molecule has 0 atom stereocenters. The molecular formula is C26H30ClN3O4. The number of benzene rings is 2. The Bertz CT molecular complexity index is 1190. The van der Waals surface area contributed by atoms with Crippen molar-refractivity contribution in [2.45, 2.75) is 32.9 Å². The highest BCUT2D eigenvalue weighted by Crippen LogP contribution is 2.33. The Morgan fingerprint density at radius 3 is 2.35 bits per heavy atom. The Morgan fingerprint density at radius 2 is 1.71 bits per heavy atom. The smallest absolute Gasteiger partial charge is 0.408 e. The number of nitrogens with zero attached hydrogens (tertiary/aromatic N) is 2. The second-order valence-corrected chi connectivity index (χ2v) is 10.0. The van der Waals surface area contributed by atoms with E-state index in [1.165, 1.54) is 0 Å². The number of ether oxygens (including phenoxy) is 1. The van der Waals surface area contributed by atoms with Crippen LogP contribution in [0.1, 0.15) is 36.9 Å². The number of piperazine rings is 1. The van der Waals surface area contributed by atoms with E-state index in [9.17, 15) is 9.59 Å². The molecule has 1 saturated heterocycles. The Labute approximate surface area is 204 Å². The number of amides is 2. The first-order valence-electron chi connectivity index (χ1n) is 11.4. The molecule has 2 aromatic carbocycles. The maximum absolute atomic E-state index is 12.8. The largest absolute Gasteiger partial charge is 0.458 e. The second-order valence-electron chi connectivity index (χ2n) is 9.62. The Morgan fingerprint density at radius 1 is 1.03 bits per heavy atom. The number of carbonyl (C=O) groups is 2. The number of fused-ring (bicyclic) bond motifs is 1. The third-order valence-electron chi connectivity index (χ3n) is 5.68. The number of carbonyl (C=O) groups excluding carboxylic acids is 2. The van der Waals surface area contributed by atoms with Crippen LogP contribution in [0.4, 0.5) is 4.79 Å². The van der Waals surface area contributed by atoms with Gasteiger partial charge in [0.15, 0.2) is 5.58 Å². The maximum atomic E-state index is 12.8. The number of alkyl carbamates (subject to hydrolysis) is 1. The van der Waals surface area contributed by atoms with Gasteiger partial charge in [0.25, 0.3) is 5.91 Å². The van der Waals surface area contributed by atoms with Gasteiger partial charge in [-0.15, -0.1) is 0 Å². The summed E-state index contributed by atoms with van der Waals surface area (Å²) in [4.78, 5) is 28.8. The zero-order chi connectivity index (χ0) is 24.5. The van der Waals surface area contributed by atoms with Gasteiger partial charge in [-0.25, -0.2) is 4.79 Å². The summed E-state index contributed by atoms with van der Waals surface area (Å²) in [6.07, 6.45) is -0.508. The predicted molar refractivity (Wildman–Crippen MR) is 133 cm³/mol. The van der Waals surface area contributed by atoms with Gasteiger partial charge in [-0.3, -0.25) is 4.79 Å². The number of hydrogen-bond acceptors (Lipinski definition) is 5. The molecule has 1 aliphatic rings. The lowest BCUT2D eigenvalue weighted by atomic mass is 10.0. The SMILES string of the molecule is CN1CCN(C(=O)c2ccc(-c3cc(Cl)c4oc(CNC(=O)OC(C)(C)C)cc4c3)cc2)CC1. The fourth-order valence-electron chi connectivity index (χ4n) is 3.89. The lowest BCUT2D eigenvalue weighted by Crippen LogP contribution is -2.47. The molecule has 8 heteroatoms. The molecule has 2 amide bonds.